The van der Waals surface area contributed by atoms with Crippen molar-refractivity contribution in [3.05, 3.63) is 56.5 Å². The Morgan fingerprint density at radius 2 is 1.23 bits per heavy atom. The first-order valence-electron chi connectivity index (χ1n) is 6.81. The van der Waals surface area contributed by atoms with Crippen LogP contribution in [0.15, 0.2) is 45.3 Å². The Kier molecular flexibility index (Phi) is 5.29. The second-order valence-corrected chi connectivity index (χ2v) is 7.08. The number of aromatic hydroxyl groups is 2. The number of hydrogen-bond donors (Lipinski definition) is 2. The highest BCUT2D eigenvalue weighted by Gasteiger charge is 2.26. The lowest BCUT2D eigenvalue weighted by Gasteiger charge is -2.19. The number of Topliss-reactive ketones (excluding diaryl/α,β-unsaturated/α-hetero) is 1. The minimum Gasteiger partial charge on any atom is -0.508 e. The zero-order valence-electron chi connectivity index (χ0n) is 12.2. The maximum Gasteiger partial charge on any atom is 0.147 e. The van der Waals surface area contributed by atoms with Crippen molar-refractivity contribution in [3.8, 4) is 11.5 Å². The zero-order chi connectivity index (χ0) is 16.4. The highest BCUT2D eigenvalue weighted by atomic mass is 79.9. The zero-order valence-corrected chi connectivity index (χ0v) is 15.3. The Morgan fingerprint density at radius 3 is 1.55 bits per heavy atom. The summed E-state index contributed by atoms with van der Waals surface area (Å²) in [4.78, 5) is 12.7. The van der Waals surface area contributed by atoms with E-state index in [0.717, 1.165) is 8.95 Å². The van der Waals surface area contributed by atoms with E-state index in [9.17, 15) is 15.0 Å². The highest BCUT2D eigenvalue weighted by molar-refractivity contribution is 9.10. The van der Waals surface area contributed by atoms with Crippen molar-refractivity contribution in [2.24, 2.45) is 0 Å². The summed E-state index contributed by atoms with van der Waals surface area (Å²) in [7, 11) is 0. The summed E-state index contributed by atoms with van der Waals surface area (Å²) in [6, 6.07) is 10.2. The monoisotopic (exact) mass is 426 g/mol. The van der Waals surface area contributed by atoms with Gasteiger partial charge < -0.3 is 10.2 Å². The van der Waals surface area contributed by atoms with E-state index in [1.807, 2.05) is 0 Å². The Morgan fingerprint density at radius 1 is 0.864 bits per heavy atom. The molecule has 0 saturated heterocycles. The molecule has 0 spiro atoms. The molecule has 5 heteroatoms. The van der Waals surface area contributed by atoms with Crippen LogP contribution in [0, 0.1) is 0 Å². The molecule has 0 radical (unpaired) electrons. The summed E-state index contributed by atoms with van der Waals surface area (Å²) in [5.41, 5.74) is 1.16. The largest absolute Gasteiger partial charge is 0.508 e. The van der Waals surface area contributed by atoms with E-state index in [0.29, 0.717) is 11.1 Å². The number of phenolic OH excluding ortho intramolecular Hbond substituents is 2. The second-order valence-electron chi connectivity index (χ2n) is 5.25. The number of halogens is 2. The number of carbonyl (C=O) groups excluding carboxylic acids is 1. The lowest BCUT2D eigenvalue weighted by Crippen LogP contribution is -2.16. The van der Waals surface area contributed by atoms with Crippen LogP contribution in [-0.2, 0) is 4.79 Å². The Hall–Kier alpha value is -1.33. The molecule has 0 bridgehead atoms. The fourth-order valence-corrected chi connectivity index (χ4v) is 3.15. The first-order chi connectivity index (χ1) is 10.3. The molecular weight excluding hydrogens is 412 g/mol. The van der Waals surface area contributed by atoms with E-state index in [4.69, 9.17) is 0 Å². The number of carbonyl (C=O) groups is 1. The van der Waals surface area contributed by atoms with Gasteiger partial charge in [0.05, 0.1) is 0 Å². The van der Waals surface area contributed by atoms with Gasteiger partial charge >= 0.3 is 0 Å². The standard InChI is InChI=1S/C17H16Br2O3/c1-9(13-5-3-11(18)7-15(13)20)17(22)10(2)14-6-4-12(19)8-16(14)21/h3-10,20-21H,1-2H3. The van der Waals surface area contributed by atoms with Crippen molar-refractivity contribution in [2.45, 2.75) is 25.7 Å². The normalized spacial score (nSPS) is 13.6. The number of benzene rings is 2. The van der Waals surface area contributed by atoms with E-state index >= 15 is 0 Å². The number of ketones is 1. The van der Waals surface area contributed by atoms with Crippen molar-refractivity contribution >= 4 is 37.6 Å². The van der Waals surface area contributed by atoms with Gasteiger partial charge in [0.25, 0.3) is 0 Å². The van der Waals surface area contributed by atoms with Gasteiger partial charge in [0, 0.05) is 31.9 Å². The van der Waals surface area contributed by atoms with Gasteiger partial charge in [-0.2, -0.15) is 0 Å². The van der Waals surface area contributed by atoms with E-state index in [1.165, 1.54) is 0 Å². The average molecular weight is 428 g/mol. The minimum atomic E-state index is -0.467. The molecule has 22 heavy (non-hydrogen) atoms. The fraction of sp³-hybridized carbons (Fsp3) is 0.235. The van der Waals surface area contributed by atoms with Crippen molar-refractivity contribution in [3.63, 3.8) is 0 Å². The Balaban J connectivity index is 2.29. The molecule has 0 saturated carbocycles. The average Bonchev–Trinajstić information content (AvgIpc) is 2.45. The van der Waals surface area contributed by atoms with Crippen LogP contribution in [-0.4, -0.2) is 16.0 Å². The third-order valence-corrected chi connectivity index (χ3v) is 4.76. The number of phenols is 2. The highest BCUT2D eigenvalue weighted by Crippen LogP contribution is 2.35. The lowest BCUT2D eigenvalue weighted by atomic mass is 9.85. The molecule has 2 N–H and O–H groups in total. The van der Waals surface area contributed by atoms with Gasteiger partial charge in [-0.25, -0.2) is 0 Å². The third-order valence-electron chi connectivity index (χ3n) is 3.77. The number of hydrogen-bond acceptors (Lipinski definition) is 3. The van der Waals surface area contributed by atoms with E-state index in [-0.39, 0.29) is 17.3 Å². The van der Waals surface area contributed by atoms with Gasteiger partial charge in [0.15, 0.2) is 0 Å². The molecule has 2 aromatic carbocycles. The Labute approximate surface area is 146 Å². The fourth-order valence-electron chi connectivity index (χ4n) is 2.45. The van der Waals surface area contributed by atoms with Crippen LogP contribution in [0.5, 0.6) is 11.5 Å². The maximum absolute atomic E-state index is 12.7. The summed E-state index contributed by atoms with van der Waals surface area (Å²) in [6.07, 6.45) is 0. The molecule has 0 heterocycles. The van der Waals surface area contributed by atoms with E-state index in [2.05, 4.69) is 31.9 Å². The van der Waals surface area contributed by atoms with Gasteiger partial charge in [-0.05, 0) is 24.3 Å². The summed E-state index contributed by atoms with van der Waals surface area (Å²) < 4.78 is 1.51. The Bertz CT molecular complexity index is 654. The smallest absolute Gasteiger partial charge is 0.147 e. The molecule has 3 nitrogen and oxygen atoms in total. The molecule has 0 fully saturated rings. The van der Waals surface area contributed by atoms with Crippen molar-refractivity contribution in [2.75, 3.05) is 0 Å². The molecule has 0 aliphatic carbocycles. The van der Waals surface area contributed by atoms with Crippen molar-refractivity contribution in [1.29, 1.82) is 0 Å². The van der Waals surface area contributed by atoms with Gasteiger partial charge in [0.2, 0.25) is 0 Å². The molecular formula is C17H16Br2O3. The molecule has 0 aromatic heterocycles. The molecule has 116 valence electrons. The maximum atomic E-state index is 12.7. The molecule has 2 unspecified atom stereocenters. The first kappa shape index (κ1) is 17.0. The molecule has 0 aliphatic rings. The van der Waals surface area contributed by atoms with E-state index in [1.54, 1.807) is 50.2 Å². The van der Waals surface area contributed by atoms with Crippen LogP contribution in [0.2, 0.25) is 0 Å². The SMILES string of the molecule is CC(C(=O)C(C)c1ccc(Br)cc1O)c1ccc(Br)cc1O. The summed E-state index contributed by atoms with van der Waals surface area (Å²) in [6.45, 7) is 3.52. The molecule has 2 aromatic rings. The lowest BCUT2D eigenvalue weighted by molar-refractivity contribution is -0.121. The second kappa shape index (κ2) is 6.84. The molecule has 0 aliphatic heterocycles. The summed E-state index contributed by atoms with van der Waals surface area (Å²) in [5, 5.41) is 20.0. The quantitative estimate of drug-likeness (QED) is 0.713. The number of rotatable bonds is 4. The minimum absolute atomic E-state index is 0.0600. The summed E-state index contributed by atoms with van der Waals surface area (Å²) in [5.74, 6) is -0.822. The van der Waals surface area contributed by atoms with Crippen molar-refractivity contribution in [1.82, 2.24) is 0 Å². The van der Waals surface area contributed by atoms with E-state index < -0.39 is 11.8 Å². The van der Waals surface area contributed by atoms with Crippen molar-refractivity contribution < 1.29 is 15.0 Å². The molecule has 2 atom stereocenters. The van der Waals surface area contributed by atoms with Crippen LogP contribution in [0.4, 0.5) is 0 Å². The predicted octanol–water partition coefficient (Wildman–Crippen LogP) is 5.10. The van der Waals surface area contributed by atoms with Crippen LogP contribution in [0.25, 0.3) is 0 Å². The van der Waals surface area contributed by atoms with Crippen LogP contribution < -0.4 is 0 Å². The predicted molar refractivity (Wildman–Crippen MR) is 93.5 cm³/mol. The van der Waals surface area contributed by atoms with Gasteiger partial charge in [-0.3, -0.25) is 4.79 Å². The first-order valence-corrected chi connectivity index (χ1v) is 8.40. The molecule has 2 rings (SSSR count). The van der Waals surface area contributed by atoms with Gasteiger partial charge in [0.1, 0.15) is 17.3 Å². The topological polar surface area (TPSA) is 57.5 Å². The van der Waals surface area contributed by atoms with Crippen LogP contribution in [0.1, 0.15) is 36.8 Å². The third kappa shape index (κ3) is 3.52. The van der Waals surface area contributed by atoms with Crippen LogP contribution in [0.3, 0.4) is 0 Å². The summed E-state index contributed by atoms with van der Waals surface area (Å²) >= 11 is 6.56. The molecule has 0 amide bonds. The van der Waals surface area contributed by atoms with Gasteiger partial charge in [-0.15, -0.1) is 0 Å². The van der Waals surface area contributed by atoms with Crippen LogP contribution >= 0.6 is 31.9 Å². The van der Waals surface area contributed by atoms with Gasteiger partial charge in [-0.1, -0.05) is 57.8 Å².